The molecule has 4 rings (SSSR count). The molecule has 0 atom stereocenters. The molecule has 3 nitrogen and oxygen atoms in total. The van der Waals surface area contributed by atoms with Crippen molar-refractivity contribution >= 4 is 16.6 Å². The highest BCUT2D eigenvalue weighted by atomic mass is 15.2. The van der Waals surface area contributed by atoms with Crippen molar-refractivity contribution < 1.29 is 0 Å². The standard InChI is InChI=1S/C17H21N3/c1-2-4-14-10-16-12-19-17(20-7-5-18-6-8-20)11-15(16)9-13(14)3-1/h9-12,18H,1-8H2. The van der Waals surface area contributed by atoms with E-state index in [1.165, 1.54) is 36.5 Å². The number of benzene rings is 1. The van der Waals surface area contributed by atoms with Crippen LogP contribution in [0.2, 0.25) is 0 Å². The van der Waals surface area contributed by atoms with Gasteiger partial charge in [0.05, 0.1) is 0 Å². The maximum atomic E-state index is 4.68. The molecule has 104 valence electrons. The topological polar surface area (TPSA) is 28.2 Å². The number of fused-ring (bicyclic) bond motifs is 2. The molecule has 2 heterocycles. The summed E-state index contributed by atoms with van der Waals surface area (Å²) in [5.41, 5.74) is 3.10. The van der Waals surface area contributed by atoms with Crippen molar-refractivity contribution in [3.8, 4) is 0 Å². The number of pyridine rings is 1. The molecule has 0 radical (unpaired) electrons. The zero-order chi connectivity index (χ0) is 13.4. The highest BCUT2D eigenvalue weighted by molar-refractivity contribution is 5.85. The van der Waals surface area contributed by atoms with E-state index < -0.39 is 0 Å². The van der Waals surface area contributed by atoms with Gasteiger partial charge in [0.2, 0.25) is 0 Å². The highest BCUT2D eigenvalue weighted by Crippen LogP contribution is 2.28. The molecule has 2 aromatic rings. The van der Waals surface area contributed by atoms with Gasteiger partial charge in [0.1, 0.15) is 5.82 Å². The molecule has 3 heteroatoms. The third kappa shape index (κ3) is 2.16. The first-order valence-electron chi connectivity index (χ1n) is 7.77. The highest BCUT2D eigenvalue weighted by Gasteiger charge is 2.14. The van der Waals surface area contributed by atoms with E-state index in [2.05, 4.69) is 39.6 Å². The number of rotatable bonds is 1. The maximum Gasteiger partial charge on any atom is 0.129 e. The normalized spacial score (nSPS) is 19.1. The minimum absolute atomic E-state index is 1.06. The number of aryl methyl sites for hydroxylation is 2. The number of hydrogen-bond donors (Lipinski definition) is 1. The molecule has 0 spiro atoms. The largest absolute Gasteiger partial charge is 0.354 e. The maximum absolute atomic E-state index is 4.68. The third-order valence-corrected chi connectivity index (χ3v) is 4.61. The summed E-state index contributed by atoms with van der Waals surface area (Å²) in [5, 5.41) is 6.04. The van der Waals surface area contributed by atoms with Crippen LogP contribution in [0.15, 0.2) is 24.4 Å². The summed E-state index contributed by atoms with van der Waals surface area (Å²) in [6.45, 7) is 4.24. The fourth-order valence-electron chi connectivity index (χ4n) is 3.44. The fraction of sp³-hybridized carbons (Fsp3) is 0.471. The SMILES string of the molecule is c1nc(N2CCNCC2)cc2cc3c(cc12)CCCC3. The minimum Gasteiger partial charge on any atom is -0.354 e. The lowest BCUT2D eigenvalue weighted by Crippen LogP contribution is -2.43. The Morgan fingerprint density at radius 1 is 0.900 bits per heavy atom. The molecule has 1 aromatic carbocycles. The Hall–Kier alpha value is -1.61. The van der Waals surface area contributed by atoms with E-state index in [0.717, 1.165) is 32.0 Å². The van der Waals surface area contributed by atoms with Crippen LogP contribution < -0.4 is 10.2 Å². The number of piperazine rings is 1. The predicted octanol–water partition coefficient (Wildman–Crippen LogP) is 2.52. The van der Waals surface area contributed by atoms with E-state index >= 15 is 0 Å². The van der Waals surface area contributed by atoms with Gasteiger partial charge in [0.25, 0.3) is 0 Å². The van der Waals surface area contributed by atoms with E-state index in [1.807, 2.05) is 0 Å². The van der Waals surface area contributed by atoms with E-state index in [0.29, 0.717) is 0 Å². The fourth-order valence-corrected chi connectivity index (χ4v) is 3.44. The monoisotopic (exact) mass is 267 g/mol. The number of aromatic nitrogens is 1. The Balaban J connectivity index is 1.74. The summed E-state index contributed by atoms with van der Waals surface area (Å²) in [6.07, 6.45) is 7.22. The van der Waals surface area contributed by atoms with E-state index in [-0.39, 0.29) is 0 Å². The Morgan fingerprint density at radius 2 is 1.60 bits per heavy atom. The lowest BCUT2D eigenvalue weighted by atomic mass is 9.90. The summed E-state index contributed by atoms with van der Waals surface area (Å²) < 4.78 is 0. The van der Waals surface area contributed by atoms with Crippen molar-refractivity contribution in [1.29, 1.82) is 0 Å². The molecule has 1 aliphatic carbocycles. The number of nitrogens with zero attached hydrogens (tertiary/aromatic N) is 2. The molecule has 1 saturated heterocycles. The summed E-state index contributed by atoms with van der Waals surface area (Å²) in [7, 11) is 0. The first kappa shape index (κ1) is 12.2. The molecule has 20 heavy (non-hydrogen) atoms. The molecule has 1 aromatic heterocycles. The molecule has 0 unspecified atom stereocenters. The lowest BCUT2D eigenvalue weighted by molar-refractivity contribution is 0.585. The van der Waals surface area contributed by atoms with Crippen LogP contribution in [-0.4, -0.2) is 31.2 Å². The van der Waals surface area contributed by atoms with Gasteiger partial charge in [-0.2, -0.15) is 0 Å². The molecule has 2 aliphatic rings. The molecule has 0 bridgehead atoms. The van der Waals surface area contributed by atoms with Crippen molar-refractivity contribution in [3.63, 3.8) is 0 Å². The van der Waals surface area contributed by atoms with Gasteiger partial charge in [-0.15, -0.1) is 0 Å². The van der Waals surface area contributed by atoms with Gasteiger partial charge in [-0.25, -0.2) is 4.98 Å². The van der Waals surface area contributed by atoms with Crippen molar-refractivity contribution in [2.45, 2.75) is 25.7 Å². The van der Waals surface area contributed by atoms with E-state index in [1.54, 1.807) is 11.1 Å². The van der Waals surface area contributed by atoms with Crippen molar-refractivity contribution in [1.82, 2.24) is 10.3 Å². The van der Waals surface area contributed by atoms with Gasteiger partial charge < -0.3 is 10.2 Å². The molecule has 1 N–H and O–H groups in total. The molecule has 0 amide bonds. The Kier molecular flexibility index (Phi) is 3.07. The molecular formula is C17H21N3. The third-order valence-electron chi connectivity index (χ3n) is 4.61. The summed E-state index contributed by atoms with van der Waals surface area (Å²) in [6, 6.07) is 7.03. The zero-order valence-electron chi connectivity index (χ0n) is 11.9. The van der Waals surface area contributed by atoms with E-state index in [4.69, 9.17) is 0 Å². The molecule has 1 aliphatic heterocycles. The summed E-state index contributed by atoms with van der Waals surface area (Å²) in [5.74, 6) is 1.13. The quantitative estimate of drug-likeness (QED) is 0.860. The number of anilines is 1. The lowest BCUT2D eigenvalue weighted by Gasteiger charge is -2.28. The Bertz CT molecular complexity index is 629. The molecule has 1 fully saturated rings. The number of hydrogen-bond acceptors (Lipinski definition) is 3. The van der Waals surface area contributed by atoms with Gasteiger partial charge in [-0.05, 0) is 54.3 Å². The zero-order valence-corrected chi connectivity index (χ0v) is 11.9. The van der Waals surface area contributed by atoms with Crippen LogP contribution in [-0.2, 0) is 12.8 Å². The minimum atomic E-state index is 1.06. The molecule has 0 saturated carbocycles. The van der Waals surface area contributed by atoms with Crippen molar-refractivity contribution in [3.05, 3.63) is 35.5 Å². The van der Waals surface area contributed by atoms with Crippen molar-refractivity contribution in [2.75, 3.05) is 31.1 Å². The van der Waals surface area contributed by atoms with E-state index in [9.17, 15) is 0 Å². The van der Waals surface area contributed by atoms with Crippen LogP contribution in [0, 0.1) is 0 Å². The second-order valence-electron chi connectivity index (χ2n) is 5.95. The van der Waals surface area contributed by atoms with Crippen LogP contribution in [0.1, 0.15) is 24.0 Å². The second-order valence-corrected chi connectivity index (χ2v) is 5.95. The van der Waals surface area contributed by atoms with Crippen molar-refractivity contribution in [2.24, 2.45) is 0 Å². The Labute approximate surface area is 120 Å². The van der Waals surface area contributed by atoms with Crippen LogP contribution in [0.5, 0.6) is 0 Å². The van der Waals surface area contributed by atoms with Gasteiger partial charge >= 0.3 is 0 Å². The smallest absolute Gasteiger partial charge is 0.129 e. The van der Waals surface area contributed by atoms with Gasteiger partial charge in [0.15, 0.2) is 0 Å². The predicted molar refractivity (Wildman–Crippen MR) is 83.5 cm³/mol. The Morgan fingerprint density at radius 3 is 2.35 bits per heavy atom. The average molecular weight is 267 g/mol. The second kappa shape index (κ2) is 5.06. The van der Waals surface area contributed by atoms with Crippen LogP contribution in [0.3, 0.4) is 0 Å². The average Bonchev–Trinajstić information content (AvgIpc) is 2.53. The molecular weight excluding hydrogens is 246 g/mol. The summed E-state index contributed by atoms with van der Waals surface area (Å²) in [4.78, 5) is 7.06. The van der Waals surface area contributed by atoms with Crippen LogP contribution >= 0.6 is 0 Å². The van der Waals surface area contributed by atoms with Crippen LogP contribution in [0.4, 0.5) is 5.82 Å². The first-order valence-corrected chi connectivity index (χ1v) is 7.77. The number of nitrogens with one attached hydrogen (secondary N) is 1. The summed E-state index contributed by atoms with van der Waals surface area (Å²) >= 11 is 0. The first-order chi connectivity index (χ1) is 9.90. The van der Waals surface area contributed by atoms with Gasteiger partial charge in [-0.3, -0.25) is 0 Å². The van der Waals surface area contributed by atoms with Gasteiger partial charge in [0, 0.05) is 37.8 Å². The van der Waals surface area contributed by atoms with Crippen LogP contribution in [0.25, 0.3) is 10.8 Å². The van der Waals surface area contributed by atoms with Gasteiger partial charge in [-0.1, -0.05) is 6.07 Å².